The summed E-state index contributed by atoms with van der Waals surface area (Å²) in [6.07, 6.45) is -2.53. The minimum atomic E-state index is -4.45. The molecule has 1 heterocycles. The Labute approximate surface area is 108 Å². The van der Waals surface area contributed by atoms with Gasteiger partial charge in [0, 0.05) is 12.2 Å². The third kappa shape index (κ3) is 2.15. The van der Waals surface area contributed by atoms with Crippen LogP contribution < -0.4 is 5.73 Å². The van der Waals surface area contributed by atoms with E-state index in [9.17, 15) is 13.2 Å². The molecule has 1 fully saturated rings. The Hall–Kier alpha value is -1.72. The highest BCUT2D eigenvalue weighted by atomic mass is 19.4. The molecule has 0 unspecified atom stereocenters. The van der Waals surface area contributed by atoms with E-state index in [2.05, 4.69) is 4.98 Å². The average Bonchev–Trinajstić information content (AvgIpc) is 2.89. The van der Waals surface area contributed by atoms with Crippen molar-refractivity contribution in [1.82, 2.24) is 9.55 Å². The van der Waals surface area contributed by atoms with Gasteiger partial charge < -0.3 is 10.3 Å². The number of aromatic nitrogens is 2. The van der Waals surface area contributed by atoms with Gasteiger partial charge >= 0.3 is 6.18 Å². The smallest absolute Gasteiger partial charge is 0.399 e. The number of hydrogen-bond acceptors (Lipinski definition) is 2. The number of fused-ring (bicyclic) bond motifs is 1. The Bertz CT molecular complexity index is 638. The molecule has 0 bridgehead atoms. The van der Waals surface area contributed by atoms with Gasteiger partial charge in [-0.15, -0.1) is 0 Å². The van der Waals surface area contributed by atoms with Crippen molar-refractivity contribution >= 4 is 16.7 Å². The van der Waals surface area contributed by atoms with E-state index in [0.29, 0.717) is 23.3 Å². The topological polar surface area (TPSA) is 43.8 Å². The highest BCUT2D eigenvalue weighted by Gasteiger charge is 2.43. The molecule has 1 saturated carbocycles. The molecular weight excluding hydrogens is 255 g/mol. The lowest BCUT2D eigenvalue weighted by Gasteiger charge is -2.15. The van der Waals surface area contributed by atoms with Gasteiger partial charge in [0.25, 0.3) is 0 Å². The minimum Gasteiger partial charge on any atom is -0.399 e. The fraction of sp³-hybridized carbons (Fsp3) is 0.462. The summed E-state index contributed by atoms with van der Waals surface area (Å²) >= 11 is 0. The first-order valence-electron chi connectivity index (χ1n) is 6.11. The molecule has 1 aliphatic rings. The lowest BCUT2D eigenvalue weighted by molar-refractivity contribution is -0.147. The van der Waals surface area contributed by atoms with Crippen LogP contribution in [-0.4, -0.2) is 9.55 Å². The van der Waals surface area contributed by atoms with Crippen LogP contribution in [0.1, 0.15) is 25.6 Å². The molecule has 6 heteroatoms. The molecule has 19 heavy (non-hydrogen) atoms. The van der Waals surface area contributed by atoms with E-state index in [1.165, 1.54) is 10.6 Å². The fourth-order valence-electron chi connectivity index (χ4n) is 2.28. The normalized spacial score (nSPS) is 17.9. The Morgan fingerprint density at radius 3 is 2.63 bits per heavy atom. The number of benzene rings is 1. The van der Waals surface area contributed by atoms with E-state index < -0.39 is 12.0 Å². The van der Waals surface area contributed by atoms with Crippen molar-refractivity contribution in [2.75, 3.05) is 5.73 Å². The van der Waals surface area contributed by atoms with Crippen LogP contribution in [0.5, 0.6) is 0 Å². The van der Waals surface area contributed by atoms with Crippen molar-refractivity contribution in [3.63, 3.8) is 0 Å². The Kier molecular flexibility index (Phi) is 2.37. The minimum absolute atomic E-state index is 0.0327. The number of nitrogens with two attached hydrogens (primary N) is 1. The third-order valence-corrected chi connectivity index (χ3v) is 3.67. The van der Waals surface area contributed by atoms with E-state index >= 15 is 0 Å². The summed E-state index contributed by atoms with van der Waals surface area (Å²) in [6.45, 7) is 2.35. The first kappa shape index (κ1) is 12.3. The van der Waals surface area contributed by atoms with Crippen molar-refractivity contribution in [2.24, 2.45) is 5.41 Å². The summed E-state index contributed by atoms with van der Waals surface area (Å²) in [7, 11) is 0. The van der Waals surface area contributed by atoms with Crippen molar-refractivity contribution in [3.8, 4) is 0 Å². The SMILES string of the molecule is CC1(Cn2c(C(F)(F)F)nc3cc(N)ccc32)CC1. The molecule has 0 radical (unpaired) electrons. The van der Waals surface area contributed by atoms with Crippen molar-refractivity contribution in [1.29, 1.82) is 0 Å². The van der Waals surface area contributed by atoms with Crippen LogP contribution in [0.2, 0.25) is 0 Å². The number of halogens is 3. The van der Waals surface area contributed by atoms with Gasteiger partial charge in [0.05, 0.1) is 11.0 Å². The van der Waals surface area contributed by atoms with E-state index in [0.717, 1.165) is 12.8 Å². The van der Waals surface area contributed by atoms with Gasteiger partial charge in [0.1, 0.15) is 0 Å². The lowest BCUT2D eigenvalue weighted by Crippen LogP contribution is -2.18. The molecule has 0 spiro atoms. The summed E-state index contributed by atoms with van der Waals surface area (Å²) in [6, 6.07) is 4.70. The molecule has 3 rings (SSSR count). The predicted octanol–water partition coefficient (Wildman–Crippen LogP) is 3.44. The van der Waals surface area contributed by atoms with E-state index in [1.54, 1.807) is 12.1 Å². The number of anilines is 1. The van der Waals surface area contributed by atoms with Crippen LogP contribution in [0.3, 0.4) is 0 Å². The Balaban J connectivity index is 2.19. The zero-order chi connectivity index (χ0) is 13.8. The van der Waals surface area contributed by atoms with E-state index in [4.69, 9.17) is 5.73 Å². The number of imidazole rings is 1. The van der Waals surface area contributed by atoms with Gasteiger partial charge in [-0.25, -0.2) is 4.98 Å². The molecular formula is C13H14F3N3. The molecule has 1 aromatic heterocycles. The molecule has 1 aromatic carbocycles. The second-order valence-corrected chi connectivity index (χ2v) is 5.58. The van der Waals surface area contributed by atoms with Gasteiger partial charge in [-0.1, -0.05) is 6.92 Å². The van der Waals surface area contributed by atoms with Gasteiger partial charge in [-0.2, -0.15) is 13.2 Å². The second-order valence-electron chi connectivity index (χ2n) is 5.58. The average molecular weight is 269 g/mol. The molecule has 2 aromatic rings. The molecule has 0 atom stereocenters. The van der Waals surface area contributed by atoms with Crippen molar-refractivity contribution in [2.45, 2.75) is 32.5 Å². The van der Waals surface area contributed by atoms with E-state index in [-0.39, 0.29) is 5.41 Å². The summed E-state index contributed by atoms with van der Waals surface area (Å²) in [4.78, 5) is 3.71. The fourth-order valence-corrected chi connectivity index (χ4v) is 2.28. The number of rotatable bonds is 2. The largest absolute Gasteiger partial charge is 0.449 e. The first-order valence-corrected chi connectivity index (χ1v) is 6.11. The van der Waals surface area contributed by atoms with Gasteiger partial charge in [0.15, 0.2) is 0 Å². The second kappa shape index (κ2) is 3.65. The van der Waals surface area contributed by atoms with Crippen LogP contribution in [0, 0.1) is 5.41 Å². The Morgan fingerprint density at radius 1 is 1.37 bits per heavy atom. The van der Waals surface area contributed by atoms with Gasteiger partial charge in [-0.05, 0) is 36.5 Å². The number of hydrogen-bond donors (Lipinski definition) is 1. The number of nitrogen functional groups attached to an aromatic ring is 1. The highest BCUT2D eigenvalue weighted by Crippen LogP contribution is 2.47. The number of nitrogens with zero attached hydrogens (tertiary/aromatic N) is 2. The van der Waals surface area contributed by atoms with Crippen molar-refractivity contribution < 1.29 is 13.2 Å². The lowest BCUT2D eigenvalue weighted by atomic mass is 10.1. The van der Waals surface area contributed by atoms with Gasteiger partial charge in [-0.3, -0.25) is 0 Å². The summed E-state index contributed by atoms with van der Waals surface area (Å²) < 4.78 is 40.5. The molecule has 0 aliphatic heterocycles. The zero-order valence-electron chi connectivity index (χ0n) is 10.5. The molecule has 0 amide bonds. The molecule has 1 aliphatic carbocycles. The van der Waals surface area contributed by atoms with Crippen LogP contribution in [-0.2, 0) is 12.7 Å². The first-order chi connectivity index (χ1) is 8.78. The third-order valence-electron chi connectivity index (χ3n) is 3.67. The van der Waals surface area contributed by atoms with Crippen LogP contribution in [0.15, 0.2) is 18.2 Å². The molecule has 2 N–H and O–H groups in total. The maximum absolute atomic E-state index is 13.1. The highest BCUT2D eigenvalue weighted by molar-refractivity contribution is 5.79. The maximum atomic E-state index is 13.1. The molecule has 0 saturated heterocycles. The molecule has 102 valence electrons. The summed E-state index contributed by atoms with van der Waals surface area (Å²) in [5.74, 6) is -0.832. The molecule has 3 nitrogen and oxygen atoms in total. The van der Waals surface area contributed by atoms with Crippen LogP contribution in [0.4, 0.5) is 18.9 Å². The van der Waals surface area contributed by atoms with Gasteiger partial charge in [0.2, 0.25) is 5.82 Å². The summed E-state index contributed by atoms with van der Waals surface area (Å²) in [5.41, 5.74) is 6.79. The standard InChI is InChI=1S/C13H14F3N3/c1-12(4-5-12)7-19-10-3-2-8(17)6-9(10)18-11(19)13(14,15)16/h2-3,6H,4-5,7,17H2,1H3. The van der Waals surface area contributed by atoms with E-state index in [1.807, 2.05) is 6.92 Å². The predicted molar refractivity (Wildman–Crippen MR) is 66.5 cm³/mol. The monoisotopic (exact) mass is 269 g/mol. The summed E-state index contributed by atoms with van der Waals surface area (Å²) in [5, 5.41) is 0. The Morgan fingerprint density at radius 2 is 2.05 bits per heavy atom. The van der Waals surface area contributed by atoms with Crippen molar-refractivity contribution in [3.05, 3.63) is 24.0 Å². The van der Waals surface area contributed by atoms with Crippen LogP contribution >= 0.6 is 0 Å². The van der Waals surface area contributed by atoms with Crippen LogP contribution in [0.25, 0.3) is 11.0 Å². The zero-order valence-corrected chi connectivity index (χ0v) is 10.5. The number of alkyl halides is 3. The quantitative estimate of drug-likeness (QED) is 0.849. The maximum Gasteiger partial charge on any atom is 0.449 e.